The molecule has 0 aliphatic rings. The summed E-state index contributed by atoms with van der Waals surface area (Å²) < 4.78 is 5.23. The number of hydrogen-bond acceptors (Lipinski definition) is 3. The van der Waals surface area contributed by atoms with Crippen molar-refractivity contribution < 1.29 is 4.74 Å². The summed E-state index contributed by atoms with van der Waals surface area (Å²) in [7, 11) is 0. The van der Waals surface area contributed by atoms with E-state index in [4.69, 9.17) is 11.2 Å². The lowest BCUT2D eigenvalue weighted by Crippen LogP contribution is -2.19. The molecule has 0 spiro atoms. The minimum atomic E-state index is 0.284. The minimum Gasteiger partial charge on any atom is -0.479 e. The number of terminal acetylenes is 1. The fourth-order valence-electron chi connectivity index (χ4n) is 1.21. The molecular formula is C13H18N2O. The fourth-order valence-corrected chi connectivity index (χ4v) is 1.21. The molecule has 3 heteroatoms. The zero-order chi connectivity index (χ0) is 11.8. The van der Waals surface area contributed by atoms with Gasteiger partial charge in [0.15, 0.2) is 0 Å². The van der Waals surface area contributed by atoms with E-state index in [2.05, 4.69) is 30.1 Å². The molecule has 0 atom stereocenters. The lowest BCUT2D eigenvalue weighted by Gasteiger charge is -2.07. The first-order valence-electron chi connectivity index (χ1n) is 5.44. The molecule has 0 bridgehead atoms. The van der Waals surface area contributed by atoms with E-state index in [-0.39, 0.29) is 6.61 Å². The van der Waals surface area contributed by atoms with Gasteiger partial charge in [-0.15, -0.1) is 6.42 Å². The van der Waals surface area contributed by atoms with Crippen LogP contribution in [0.3, 0.4) is 0 Å². The van der Waals surface area contributed by atoms with Crippen LogP contribution in [-0.2, 0) is 6.54 Å². The largest absolute Gasteiger partial charge is 0.479 e. The fraction of sp³-hybridized carbons (Fsp3) is 0.462. The smallest absolute Gasteiger partial charge is 0.148 e. The van der Waals surface area contributed by atoms with Gasteiger partial charge in [-0.3, -0.25) is 4.98 Å². The van der Waals surface area contributed by atoms with Crippen LogP contribution in [-0.4, -0.2) is 18.1 Å². The third kappa shape index (κ3) is 4.81. The molecule has 0 fully saturated rings. The average molecular weight is 218 g/mol. The minimum absolute atomic E-state index is 0.284. The van der Waals surface area contributed by atoms with E-state index < -0.39 is 0 Å². The number of pyridine rings is 1. The Morgan fingerprint density at radius 3 is 2.88 bits per heavy atom. The highest BCUT2D eigenvalue weighted by molar-refractivity contribution is 5.20. The van der Waals surface area contributed by atoms with Crippen LogP contribution >= 0.6 is 0 Å². The van der Waals surface area contributed by atoms with E-state index in [1.807, 2.05) is 12.1 Å². The Morgan fingerprint density at radius 2 is 2.31 bits per heavy atom. The molecule has 1 heterocycles. The van der Waals surface area contributed by atoms with E-state index in [1.54, 1.807) is 6.20 Å². The van der Waals surface area contributed by atoms with Crippen LogP contribution in [0.2, 0.25) is 0 Å². The standard InChI is InChI=1S/C13H18N2O/c1-4-7-16-13-6-5-12(15-10-13)9-14-8-11(2)3/h1,5-6,10-11,14H,7-9H2,2-3H3. The lowest BCUT2D eigenvalue weighted by molar-refractivity contribution is 0.368. The Hall–Kier alpha value is -1.53. The molecule has 0 aliphatic heterocycles. The van der Waals surface area contributed by atoms with Gasteiger partial charge >= 0.3 is 0 Å². The molecule has 0 saturated heterocycles. The van der Waals surface area contributed by atoms with Gasteiger partial charge < -0.3 is 10.1 Å². The monoisotopic (exact) mass is 218 g/mol. The summed E-state index contributed by atoms with van der Waals surface area (Å²) >= 11 is 0. The Balaban J connectivity index is 2.36. The number of nitrogens with one attached hydrogen (secondary N) is 1. The molecule has 16 heavy (non-hydrogen) atoms. The molecule has 3 nitrogen and oxygen atoms in total. The molecule has 0 aromatic carbocycles. The second kappa shape index (κ2) is 6.86. The third-order valence-corrected chi connectivity index (χ3v) is 1.98. The Morgan fingerprint density at radius 1 is 1.50 bits per heavy atom. The van der Waals surface area contributed by atoms with Gasteiger partial charge in [-0.1, -0.05) is 19.8 Å². The summed E-state index contributed by atoms with van der Waals surface area (Å²) in [5, 5.41) is 3.33. The molecule has 0 aliphatic carbocycles. The van der Waals surface area contributed by atoms with Crippen LogP contribution in [0.15, 0.2) is 18.3 Å². The van der Waals surface area contributed by atoms with E-state index in [9.17, 15) is 0 Å². The molecule has 1 rings (SSSR count). The van der Waals surface area contributed by atoms with Crippen LogP contribution in [0.25, 0.3) is 0 Å². The summed E-state index contributed by atoms with van der Waals surface area (Å²) in [5.74, 6) is 3.78. The zero-order valence-electron chi connectivity index (χ0n) is 9.86. The maximum atomic E-state index is 5.23. The molecule has 0 radical (unpaired) electrons. The van der Waals surface area contributed by atoms with Crippen LogP contribution in [0.4, 0.5) is 0 Å². The van der Waals surface area contributed by atoms with Crippen molar-refractivity contribution in [1.29, 1.82) is 0 Å². The van der Waals surface area contributed by atoms with Gasteiger partial charge in [0.05, 0.1) is 11.9 Å². The van der Waals surface area contributed by atoms with Crippen molar-refractivity contribution in [2.45, 2.75) is 20.4 Å². The Labute approximate surface area is 97.2 Å². The molecule has 1 aromatic rings. The zero-order valence-corrected chi connectivity index (χ0v) is 9.86. The summed E-state index contributed by atoms with van der Waals surface area (Å²) in [5.41, 5.74) is 1.01. The second-order valence-corrected chi connectivity index (χ2v) is 4.00. The summed E-state index contributed by atoms with van der Waals surface area (Å²) in [6, 6.07) is 3.83. The maximum Gasteiger partial charge on any atom is 0.148 e. The van der Waals surface area contributed by atoms with E-state index in [0.29, 0.717) is 11.7 Å². The van der Waals surface area contributed by atoms with Crippen LogP contribution < -0.4 is 10.1 Å². The molecule has 0 unspecified atom stereocenters. The van der Waals surface area contributed by atoms with Gasteiger partial charge in [-0.2, -0.15) is 0 Å². The van der Waals surface area contributed by atoms with Gasteiger partial charge in [0, 0.05) is 6.54 Å². The van der Waals surface area contributed by atoms with E-state index in [0.717, 1.165) is 18.8 Å². The first-order valence-corrected chi connectivity index (χ1v) is 5.44. The lowest BCUT2D eigenvalue weighted by atomic mass is 10.2. The highest BCUT2D eigenvalue weighted by Crippen LogP contribution is 2.08. The normalized spacial score (nSPS) is 10.1. The quantitative estimate of drug-likeness (QED) is 0.740. The molecule has 0 amide bonds. The summed E-state index contributed by atoms with van der Waals surface area (Å²) in [4.78, 5) is 4.27. The maximum absolute atomic E-state index is 5.23. The van der Waals surface area contributed by atoms with Crippen LogP contribution in [0, 0.1) is 18.3 Å². The summed E-state index contributed by atoms with van der Waals surface area (Å²) in [6.07, 6.45) is 6.79. The number of aromatic nitrogens is 1. The Bertz CT molecular complexity index is 338. The van der Waals surface area contributed by atoms with Crippen molar-refractivity contribution in [2.75, 3.05) is 13.2 Å². The number of ether oxygens (including phenoxy) is 1. The van der Waals surface area contributed by atoms with Gasteiger partial charge in [-0.05, 0) is 24.6 Å². The molecule has 86 valence electrons. The topological polar surface area (TPSA) is 34.1 Å². The predicted molar refractivity (Wildman–Crippen MR) is 65.1 cm³/mol. The first kappa shape index (κ1) is 12.5. The third-order valence-electron chi connectivity index (χ3n) is 1.98. The van der Waals surface area contributed by atoms with Gasteiger partial charge in [0.2, 0.25) is 0 Å². The van der Waals surface area contributed by atoms with Crippen molar-refractivity contribution in [3.63, 3.8) is 0 Å². The summed E-state index contributed by atoms with van der Waals surface area (Å²) in [6.45, 7) is 6.42. The van der Waals surface area contributed by atoms with E-state index >= 15 is 0 Å². The van der Waals surface area contributed by atoms with Gasteiger partial charge in [-0.25, -0.2) is 0 Å². The van der Waals surface area contributed by atoms with Crippen molar-refractivity contribution in [3.8, 4) is 18.1 Å². The first-order chi connectivity index (χ1) is 7.72. The van der Waals surface area contributed by atoms with Crippen molar-refractivity contribution in [2.24, 2.45) is 5.92 Å². The van der Waals surface area contributed by atoms with Crippen LogP contribution in [0.5, 0.6) is 5.75 Å². The van der Waals surface area contributed by atoms with Crippen LogP contribution in [0.1, 0.15) is 19.5 Å². The highest BCUT2D eigenvalue weighted by Gasteiger charge is 1.97. The average Bonchev–Trinajstić information content (AvgIpc) is 2.27. The van der Waals surface area contributed by atoms with Gasteiger partial charge in [0.25, 0.3) is 0 Å². The molecule has 1 N–H and O–H groups in total. The molecule has 0 saturated carbocycles. The molecular weight excluding hydrogens is 200 g/mol. The van der Waals surface area contributed by atoms with Crippen molar-refractivity contribution in [3.05, 3.63) is 24.0 Å². The number of nitrogens with zero attached hydrogens (tertiary/aromatic N) is 1. The predicted octanol–water partition coefficient (Wildman–Crippen LogP) is 1.84. The molecule has 1 aromatic heterocycles. The number of rotatable bonds is 6. The Kier molecular flexibility index (Phi) is 5.38. The SMILES string of the molecule is C#CCOc1ccc(CNCC(C)C)nc1. The highest BCUT2D eigenvalue weighted by atomic mass is 16.5. The van der Waals surface area contributed by atoms with Crippen molar-refractivity contribution in [1.82, 2.24) is 10.3 Å². The van der Waals surface area contributed by atoms with Gasteiger partial charge in [0.1, 0.15) is 12.4 Å². The van der Waals surface area contributed by atoms with E-state index in [1.165, 1.54) is 0 Å². The van der Waals surface area contributed by atoms with Crippen molar-refractivity contribution >= 4 is 0 Å². The second-order valence-electron chi connectivity index (χ2n) is 4.00. The number of hydrogen-bond donors (Lipinski definition) is 1.